The van der Waals surface area contributed by atoms with Gasteiger partial charge in [-0.15, -0.1) is 0 Å². The maximum absolute atomic E-state index is 8.94. The Hall–Kier alpha value is -1.82. The van der Waals surface area contributed by atoms with Crippen LogP contribution in [-0.4, -0.2) is 6.21 Å². The molecule has 0 aromatic heterocycles. The van der Waals surface area contributed by atoms with Gasteiger partial charge in [0.2, 0.25) is 0 Å². The van der Waals surface area contributed by atoms with Crippen molar-refractivity contribution >= 4 is 35.1 Å². The highest BCUT2D eigenvalue weighted by atomic mass is 35.5. The summed E-state index contributed by atoms with van der Waals surface area (Å²) in [6, 6.07) is 14.5. The van der Waals surface area contributed by atoms with E-state index < -0.39 is 0 Å². The lowest BCUT2D eigenvalue weighted by atomic mass is 10.2. The molecule has 0 radical (unpaired) electrons. The molecule has 0 aliphatic carbocycles. The maximum atomic E-state index is 8.94. The van der Waals surface area contributed by atoms with Crippen molar-refractivity contribution < 1.29 is 0 Å². The lowest BCUT2D eigenvalue weighted by Gasteiger charge is -2.00. The van der Waals surface area contributed by atoms with E-state index in [1.54, 1.807) is 36.5 Å². The molecule has 0 heterocycles. The number of nitriles is 1. The van der Waals surface area contributed by atoms with E-state index in [0.29, 0.717) is 21.3 Å². The second kappa shape index (κ2) is 5.68. The van der Waals surface area contributed by atoms with Crippen LogP contribution in [0.5, 0.6) is 0 Å². The van der Waals surface area contributed by atoms with Gasteiger partial charge in [-0.05, 0) is 18.2 Å². The molecule has 0 fully saturated rings. The number of hydrogen-bond donors (Lipinski definition) is 0. The zero-order chi connectivity index (χ0) is 13.0. The molecule has 0 spiro atoms. The summed E-state index contributed by atoms with van der Waals surface area (Å²) in [4.78, 5) is 4.26. The number of para-hydroxylation sites is 1. The van der Waals surface area contributed by atoms with Crippen LogP contribution in [0, 0.1) is 11.3 Å². The van der Waals surface area contributed by atoms with Gasteiger partial charge in [0.25, 0.3) is 0 Å². The molecule has 0 amide bonds. The van der Waals surface area contributed by atoms with Crippen LogP contribution >= 0.6 is 23.2 Å². The Morgan fingerprint density at radius 2 is 1.83 bits per heavy atom. The summed E-state index contributed by atoms with van der Waals surface area (Å²) < 4.78 is 0. The molecule has 0 aliphatic heterocycles. The van der Waals surface area contributed by atoms with Gasteiger partial charge in [0, 0.05) is 11.8 Å². The number of aliphatic imine (C=N–C) groups is 1. The first-order chi connectivity index (χ1) is 8.72. The summed E-state index contributed by atoms with van der Waals surface area (Å²) >= 11 is 12.0. The minimum atomic E-state index is 0.456. The standard InChI is InChI=1S/C14H8Cl2N2/c15-12-6-3-5-11(14(12)16)9-18-13-7-2-1-4-10(13)8-17/h1-7,9H. The van der Waals surface area contributed by atoms with Crippen LogP contribution in [0.3, 0.4) is 0 Å². The molecular weight excluding hydrogens is 267 g/mol. The van der Waals surface area contributed by atoms with Crippen molar-refractivity contribution in [1.29, 1.82) is 5.26 Å². The SMILES string of the molecule is N#Cc1ccccc1N=Cc1cccc(Cl)c1Cl. The van der Waals surface area contributed by atoms with E-state index in [4.69, 9.17) is 28.5 Å². The van der Waals surface area contributed by atoms with E-state index in [0.717, 1.165) is 5.56 Å². The fraction of sp³-hybridized carbons (Fsp3) is 0. The maximum Gasteiger partial charge on any atom is 0.101 e. The van der Waals surface area contributed by atoms with E-state index in [2.05, 4.69) is 11.1 Å². The lowest BCUT2D eigenvalue weighted by Crippen LogP contribution is -1.84. The molecule has 18 heavy (non-hydrogen) atoms. The Bertz CT molecular complexity index is 642. The average Bonchev–Trinajstić information content (AvgIpc) is 2.41. The fourth-order valence-electron chi connectivity index (χ4n) is 1.44. The van der Waals surface area contributed by atoms with E-state index in [9.17, 15) is 0 Å². The van der Waals surface area contributed by atoms with Crippen LogP contribution in [0.25, 0.3) is 0 Å². The van der Waals surface area contributed by atoms with Crippen LogP contribution in [0.1, 0.15) is 11.1 Å². The molecule has 0 atom stereocenters. The Labute approximate surface area is 115 Å². The van der Waals surface area contributed by atoms with Gasteiger partial charge in [-0.3, -0.25) is 4.99 Å². The Morgan fingerprint density at radius 3 is 2.61 bits per heavy atom. The van der Waals surface area contributed by atoms with Gasteiger partial charge < -0.3 is 0 Å². The molecule has 4 heteroatoms. The predicted octanol–water partition coefficient (Wildman–Crippen LogP) is 4.62. The Morgan fingerprint density at radius 1 is 1.06 bits per heavy atom. The summed E-state index contributed by atoms with van der Waals surface area (Å²) in [5.41, 5.74) is 1.85. The van der Waals surface area contributed by atoms with Crippen LogP contribution < -0.4 is 0 Å². The quantitative estimate of drug-likeness (QED) is 0.737. The predicted molar refractivity (Wildman–Crippen MR) is 74.9 cm³/mol. The molecule has 0 aliphatic rings. The first kappa shape index (κ1) is 12.6. The second-order valence-electron chi connectivity index (χ2n) is 3.53. The van der Waals surface area contributed by atoms with Crippen LogP contribution in [0.4, 0.5) is 5.69 Å². The zero-order valence-electron chi connectivity index (χ0n) is 9.27. The second-order valence-corrected chi connectivity index (χ2v) is 4.32. The van der Waals surface area contributed by atoms with Crippen LogP contribution in [-0.2, 0) is 0 Å². The van der Waals surface area contributed by atoms with Crippen LogP contribution in [0.2, 0.25) is 10.0 Å². The highest BCUT2D eigenvalue weighted by Gasteiger charge is 2.02. The van der Waals surface area contributed by atoms with Crippen LogP contribution in [0.15, 0.2) is 47.5 Å². The highest BCUT2D eigenvalue weighted by Crippen LogP contribution is 2.25. The van der Waals surface area contributed by atoms with Gasteiger partial charge in [0.1, 0.15) is 6.07 Å². The smallest absolute Gasteiger partial charge is 0.101 e. The monoisotopic (exact) mass is 274 g/mol. The van der Waals surface area contributed by atoms with Gasteiger partial charge in [-0.25, -0.2) is 0 Å². The molecular formula is C14H8Cl2N2. The van der Waals surface area contributed by atoms with E-state index in [-0.39, 0.29) is 0 Å². The molecule has 0 saturated carbocycles. The van der Waals surface area contributed by atoms with Crippen molar-refractivity contribution in [2.45, 2.75) is 0 Å². The van der Waals surface area contributed by atoms with Crippen molar-refractivity contribution in [2.75, 3.05) is 0 Å². The number of rotatable bonds is 2. The topological polar surface area (TPSA) is 36.1 Å². The number of hydrogen-bond acceptors (Lipinski definition) is 2. The largest absolute Gasteiger partial charge is 0.255 e. The molecule has 2 rings (SSSR count). The third-order valence-electron chi connectivity index (χ3n) is 2.35. The van der Waals surface area contributed by atoms with E-state index in [1.807, 2.05) is 12.1 Å². The fourth-order valence-corrected chi connectivity index (χ4v) is 1.80. The summed E-state index contributed by atoms with van der Waals surface area (Å²) in [5, 5.41) is 9.88. The molecule has 0 unspecified atom stereocenters. The van der Waals surface area contributed by atoms with Gasteiger partial charge in [0.15, 0.2) is 0 Å². The first-order valence-corrected chi connectivity index (χ1v) is 5.95. The van der Waals surface area contributed by atoms with Crippen molar-refractivity contribution in [1.82, 2.24) is 0 Å². The minimum absolute atomic E-state index is 0.456. The molecule has 2 aromatic carbocycles. The van der Waals surface area contributed by atoms with E-state index >= 15 is 0 Å². The molecule has 2 aromatic rings. The van der Waals surface area contributed by atoms with Gasteiger partial charge in [-0.2, -0.15) is 5.26 Å². The number of halogens is 2. The summed E-state index contributed by atoms with van der Waals surface area (Å²) in [6.45, 7) is 0. The molecule has 0 N–H and O–H groups in total. The molecule has 2 nitrogen and oxygen atoms in total. The third kappa shape index (κ3) is 2.70. The minimum Gasteiger partial charge on any atom is -0.255 e. The number of benzene rings is 2. The summed E-state index contributed by atoms with van der Waals surface area (Å²) in [5.74, 6) is 0. The molecule has 0 saturated heterocycles. The highest BCUT2D eigenvalue weighted by molar-refractivity contribution is 6.43. The average molecular weight is 275 g/mol. The lowest BCUT2D eigenvalue weighted by molar-refractivity contribution is 1.44. The summed E-state index contributed by atoms with van der Waals surface area (Å²) in [7, 11) is 0. The molecule has 88 valence electrons. The first-order valence-electron chi connectivity index (χ1n) is 5.19. The zero-order valence-corrected chi connectivity index (χ0v) is 10.8. The Kier molecular flexibility index (Phi) is 3.99. The van der Waals surface area contributed by atoms with E-state index in [1.165, 1.54) is 0 Å². The molecule has 0 bridgehead atoms. The summed E-state index contributed by atoms with van der Waals surface area (Å²) in [6.07, 6.45) is 1.60. The normalized spacial score (nSPS) is 10.5. The van der Waals surface area contributed by atoms with Gasteiger partial charge in [-0.1, -0.05) is 47.5 Å². The van der Waals surface area contributed by atoms with Crippen molar-refractivity contribution in [3.63, 3.8) is 0 Å². The number of nitrogens with zero attached hydrogens (tertiary/aromatic N) is 2. The van der Waals surface area contributed by atoms with Crippen molar-refractivity contribution in [3.05, 3.63) is 63.6 Å². The third-order valence-corrected chi connectivity index (χ3v) is 3.18. The van der Waals surface area contributed by atoms with Crippen molar-refractivity contribution in [2.24, 2.45) is 4.99 Å². The Balaban J connectivity index is 2.37. The van der Waals surface area contributed by atoms with Crippen molar-refractivity contribution in [3.8, 4) is 6.07 Å². The van der Waals surface area contributed by atoms with Gasteiger partial charge in [0.05, 0.1) is 21.3 Å². The van der Waals surface area contributed by atoms with Gasteiger partial charge >= 0.3 is 0 Å².